The van der Waals surface area contributed by atoms with Crippen molar-refractivity contribution >= 4 is 16.7 Å². The molecule has 1 aromatic heterocycles. The fourth-order valence-electron chi connectivity index (χ4n) is 1.93. The van der Waals surface area contributed by atoms with Crippen molar-refractivity contribution in [1.29, 1.82) is 0 Å². The number of hydrogen-bond acceptors (Lipinski definition) is 4. The van der Waals surface area contributed by atoms with E-state index in [2.05, 4.69) is 9.55 Å². The first-order valence-corrected chi connectivity index (χ1v) is 5.46. The molecule has 0 aliphatic carbocycles. The number of nitrogens with zero attached hydrogens (tertiary/aromatic N) is 2. The van der Waals surface area contributed by atoms with E-state index in [1.54, 1.807) is 14.2 Å². The highest BCUT2D eigenvalue weighted by Crippen LogP contribution is 2.28. The van der Waals surface area contributed by atoms with Gasteiger partial charge in [0, 0.05) is 19.7 Å². The number of nitrogens with two attached hydrogens (primary N) is 1. The van der Waals surface area contributed by atoms with Crippen molar-refractivity contribution < 1.29 is 9.47 Å². The van der Waals surface area contributed by atoms with Gasteiger partial charge in [-0.3, -0.25) is 0 Å². The zero-order chi connectivity index (χ0) is 12.4. The van der Waals surface area contributed by atoms with Crippen LogP contribution in [-0.4, -0.2) is 30.4 Å². The molecule has 0 bridgehead atoms. The maximum Gasteiger partial charge on any atom is 0.144 e. The molecule has 5 nitrogen and oxygen atoms in total. The number of aromatic nitrogens is 2. The summed E-state index contributed by atoms with van der Waals surface area (Å²) in [6, 6.07) is 3.75. The van der Waals surface area contributed by atoms with Crippen LogP contribution in [0.4, 0.5) is 5.69 Å². The Morgan fingerprint density at radius 1 is 1.35 bits per heavy atom. The average Bonchev–Trinajstić information content (AvgIpc) is 2.61. The quantitative estimate of drug-likeness (QED) is 0.817. The molecule has 1 heterocycles. The number of nitrogen functional groups attached to an aromatic ring is 1. The zero-order valence-electron chi connectivity index (χ0n) is 10.4. The van der Waals surface area contributed by atoms with E-state index in [4.69, 9.17) is 15.2 Å². The van der Waals surface area contributed by atoms with Crippen LogP contribution in [0.3, 0.4) is 0 Å². The molecule has 5 heteroatoms. The van der Waals surface area contributed by atoms with Gasteiger partial charge in [-0.2, -0.15) is 0 Å². The first-order chi connectivity index (χ1) is 8.17. The Kier molecular flexibility index (Phi) is 3.19. The van der Waals surface area contributed by atoms with Crippen molar-refractivity contribution in [3.8, 4) is 5.75 Å². The maximum absolute atomic E-state index is 5.91. The van der Waals surface area contributed by atoms with Gasteiger partial charge in [0.25, 0.3) is 0 Å². The fourth-order valence-corrected chi connectivity index (χ4v) is 1.93. The third kappa shape index (κ3) is 2.06. The summed E-state index contributed by atoms with van der Waals surface area (Å²) >= 11 is 0. The summed E-state index contributed by atoms with van der Waals surface area (Å²) < 4.78 is 12.4. The highest BCUT2D eigenvalue weighted by atomic mass is 16.5. The molecule has 0 spiro atoms. The van der Waals surface area contributed by atoms with Gasteiger partial charge in [0.1, 0.15) is 11.6 Å². The summed E-state index contributed by atoms with van der Waals surface area (Å²) in [7, 11) is 3.29. The second-order valence-electron chi connectivity index (χ2n) is 3.89. The summed E-state index contributed by atoms with van der Waals surface area (Å²) in [6.07, 6.45) is 0. The van der Waals surface area contributed by atoms with Crippen LogP contribution in [0.5, 0.6) is 5.75 Å². The number of methoxy groups -OCH3 is 2. The van der Waals surface area contributed by atoms with Gasteiger partial charge in [0.15, 0.2) is 0 Å². The van der Waals surface area contributed by atoms with E-state index < -0.39 is 0 Å². The molecule has 2 N–H and O–H groups in total. The predicted molar refractivity (Wildman–Crippen MR) is 67.3 cm³/mol. The van der Waals surface area contributed by atoms with Crippen LogP contribution in [-0.2, 0) is 11.3 Å². The molecule has 0 unspecified atom stereocenters. The number of anilines is 1. The number of fused-ring (bicyclic) bond motifs is 1. The first-order valence-electron chi connectivity index (χ1n) is 5.46. The van der Waals surface area contributed by atoms with E-state index >= 15 is 0 Å². The Morgan fingerprint density at radius 2 is 2.12 bits per heavy atom. The molecule has 92 valence electrons. The number of rotatable bonds is 4. The van der Waals surface area contributed by atoms with Gasteiger partial charge in [-0.15, -0.1) is 0 Å². The van der Waals surface area contributed by atoms with Gasteiger partial charge >= 0.3 is 0 Å². The maximum atomic E-state index is 5.91. The summed E-state index contributed by atoms with van der Waals surface area (Å²) in [5.41, 5.74) is 8.44. The first kappa shape index (κ1) is 11.7. The molecule has 2 aromatic rings. The Hall–Kier alpha value is -1.75. The van der Waals surface area contributed by atoms with E-state index in [-0.39, 0.29) is 0 Å². The molecule has 1 aromatic carbocycles. The molecule has 17 heavy (non-hydrogen) atoms. The van der Waals surface area contributed by atoms with Crippen LogP contribution < -0.4 is 10.5 Å². The molecule has 0 fully saturated rings. The largest absolute Gasteiger partial charge is 0.495 e. The minimum absolute atomic E-state index is 0.624. The lowest BCUT2D eigenvalue weighted by atomic mass is 10.2. The molecule has 0 saturated heterocycles. The normalized spacial score (nSPS) is 11.0. The Labute approximate surface area is 100 Å². The van der Waals surface area contributed by atoms with Crippen LogP contribution in [0, 0.1) is 6.92 Å². The van der Waals surface area contributed by atoms with Crippen molar-refractivity contribution in [2.45, 2.75) is 13.5 Å². The van der Waals surface area contributed by atoms with E-state index in [0.717, 1.165) is 23.4 Å². The van der Waals surface area contributed by atoms with Gasteiger partial charge in [-0.05, 0) is 13.0 Å². The van der Waals surface area contributed by atoms with Crippen molar-refractivity contribution in [3.05, 3.63) is 18.0 Å². The van der Waals surface area contributed by atoms with Crippen LogP contribution in [0.15, 0.2) is 12.1 Å². The molecule has 0 aliphatic heterocycles. The van der Waals surface area contributed by atoms with Crippen LogP contribution in [0.2, 0.25) is 0 Å². The molecule has 0 atom stereocenters. The topological polar surface area (TPSA) is 62.3 Å². The van der Waals surface area contributed by atoms with Gasteiger partial charge < -0.3 is 19.8 Å². The Balaban J connectivity index is 2.53. The number of hydrogen-bond donors (Lipinski definition) is 1. The molecule has 0 amide bonds. The number of imidazole rings is 1. The van der Waals surface area contributed by atoms with Gasteiger partial charge in [-0.25, -0.2) is 4.98 Å². The summed E-state index contributed by atoms with van der Waals surface area (Å²) in [5.74, 6) is 1.61. The van der Waals surface area contributed by atoms with Crippen molar-refractivity contribution in [3.63, 3.8) is 0 Å². The molecule has 2 rings (SSSR count). The summed E-state index contributed by atoms with van der Waals surface area (Å²) in [4.78, 5) is 4.49. The van der Waals surface area contributed by atoms with Crippen LogP contribution in [0.25, 0.3) is 11.0 Å². The SMILES string of the molecule is COCCn1c(C)nc2cc(OC)c(N)cc21. The van der Waals surface area contributed by atoms with Gasteiger partial charge in [0.2, 0.25) is 0 Å². The smallest absolute Gasteiger partial charge is 0.144 e. The molecule has 0 saturated carbocycles. The second kappa shape index (κ2) is 4.63. The lowest BCUT2D eigenvalue weighted by molar-refractivity contribution is 0.187. The summed E-state index contributed by atoms with van der Waals surface area (Å²) in [6.45, 7) is 3.39. The number of benzene rings is 1. The molecular weight excluding hydrogens is 218 g/mol. The minimum atomic E-state index is 0.624. The van der Waals surface area contributed by atoms with E-state index in [1.807, 2.05) is 19.1 Å². The van der Waals surface area contributed by atoms with Crippen LogP contribution in [0.1, 0.15) is 5.82 Å². The molecule has 0 aliphatic rings. The summed E-state index contributed by atoms with van der Waals surface area (Å²) in [5, 5.41) is 0. The zero-order valence-corrected chi connectivity index (χ0v) is 10.4. The van der Waals surface area contributed by atoms with Crippen LogP contribution >= 0.6 is 0 Å². The Bertz CT molecular complexity index is 534. The molecule has 0 radical (unpaired) electrons. The molecular formula is C12H17N3O2. The average molecular weight is 235 g/mol. The van der Waals surface area contributed by atoms with Crippen molar-refractivity contribution in [2.75, 3.05) is 26.6 Å². The lowest BCUT2D eigenvalue weighted by Crippen LogP contribution is -2.06. The highest BCUT2D eigenvalue weighted by molar-refractivity contribution is 5.83. The standard InChI is InChI=1S/C12H17N3O2/c1-8-14-10-7-12(17-3)9(13)6-11(10)15(8)4-5-16-2/h6-7H,4-5,13H2,1-3H3. The third-order valence-corrected chi connectivity index (χ3v) is 2.81. The number of ether oxygens (including phenoxy) is 2. The van der Waals surface area contributed by atoms with E-state index in [9.17, 15) is 0 Å². The van der Waals surface area contributed by atoms with E-state index in [0.29, 0.717) is 18.0 Å². The second-order valence-corrected chi connectivity index (χ2v) is 3.89. The monoisotopic (exact) mass is 235 g/mol. The lowest BCUT2D eigenvalue weighted by Gasteiger charge is -2.07. The van der Waals surface area contributed by atoms with Gasteiger partial charge in [-0.1, -0.05) is 0 Å². The van der Waals surface area contributed by atoms with Crippen molar-refractivity contribution in [1.82, 2.24) is 9.55 Å². The van der Waals surface area contributed by atoms with E-state index in [1.165, 1.54) is 0 Å². The van der Waals surface area contributed by atoms with Crippen molar-refractivity contribution in [2.24, 2.45) is 0 Å². The predicted octanol–water partition coefficient (Wildman–Crippen LogP) is 1.58. The third-order valence-electron chi connectivity index (χ3n) is 2.81. The Morgan fingerprint density at radius 3 is 2.76 bits per heavy atom. The fraction of sp³-hybridized carbons (Fsp3) is 0.417. The number of aryl methyl sites for hydroxylation is 1. The highest BCUT2D eigenvalue weighted by Gasteiger charge is 2.10. The van der Waals surface area contributed by atoms with Gasteiger partial charge in [0.05, 0.1) is 30.4 Å². The minimum Gasteiger partial charge on any atom is -0.495 e.